The Kier molecular flexibility index (Phi) is 9.34. The lowest BCUT2D eigenvalue weighted by molar-refractivity contribution is 0.0985. The van der Waals surface area contributed by atoms with Gasteiger partial charge < -0.3 is 19.1 Å². The maximum Gasteiger partial charge on any atom is 0.260 e. The molecule has 0 aliphatic carbocycles. The third-order valence-corrected chi connectivity index (χ3v) is 6.66. The maximum absolute atomic E-state index is 14.0. The quantitative estimate of drug-likeness (QED) is 0.318. The number of amides is 1. The molecule has 0 saturated carbocycles. The van der Waals surface area contributed by atoms with Gasteiger partial charge >= 0.3 is 0 Å². The van der Waals surface area contributed by atoms with Crippen LogP contribution in [0.2, 0.25) is 0 Å². The minimum Gasteiger partial charge on any atom is -0.490 e. The van der Waals surface area contributed by atoms with Gasteiger partial charge in [0, 0.05) is 12.1 Å². The van der Waals surface area contributed by atoms with E-state index in [-0.39, 0.29) is 5.91 Å². The molecule has 7 nitrogen and oxygen atoms in total. The number of benzene rings is 2. The Balaban J connectivity index is 2.08. The number of aryl methyl sites for hydroxylation is 2. The normalized spacial score (nSPS) is 11.2. The molecule has 0 N–H and O–H groups in total. The molecule has 3 aromatic rings. The van der Waals surface area contributed by atoms with Gasteiger partial charge in [-0.05, 0) is 91.0 Å². The van der Waals surface area contributed by atoms with Gasteiger partial charge in [0.15, 0.2) is 16.6 Å². The van der Waals surface area contributed by atoms with Crippen molar-refractivity contribution in [2.75, 3.05) is 51.9 Å². The zero-order valence-electron chi connectivity index (χ0n) is 21.9. The summed E-state index contributed by atoms with van der Waals surface area (Å²) < 4.78 is 18.6. The number of thiazole rings is 1. The second kappa shape index (κ2) is 12.2. The smallest absolute Gasteiger partial charge is 0.260 e. The Labute approximate surface area is 212 Å². The van der Waals surface area contributed by atoms with Crippen LogP contribution in [-0.2, 0) is 0 Å². The van der Waals surface area contributed by atoms with Gasteiger partial charge in [0.1, 0.15) is 0 Å². The van der Waals surface area contributed by atoms with Crippen molar-refractivity contribution in [3.63, 3.8) is 0 Å². The summed E-state index contributed by atoms with van der Waals surface area (Å²) in [7, 11) is 4.07. The molecule has 3 rings (SSSR count). The highest BCUT2D eigenvalue weighted by atomic mass is 32.1. The third-order valence-electron chi connectivity index (χ3n) is 5.43. The van der Waals surface area contributed by atoms with E-state index in [1.54, 1.807) is 28.4 Å². The van der Waals surface area contributed by atoms with Gasteiger partial charge in [0.05, 0.1) is 30.0 Å². The highest BCUT2D eigenvalue weighted by Gasteiger charge is 2.25. The number of ether oxygens (including phenoxy) is 3. The minimum absolute atomic E-state index is 0.137. The molecule has 190 valence electrons. The van der Waals surface area contributed by atoms with Gasteiger partial charge in [-0.2, -0.15) is 0 Å². The van der Waals surface area contributed by atoms with Crippen molar-refractivity contribution in [2.45, 2.75) is 41.0 Å². The number of hydrogen-bond acceptors (Lipinski definition) is 7. The van der Waals surface area contributed by atoms with E-state index < -0.39 is 0 Å². The molecule has 35 heavy (non-hydrogen) atoms. The van der Waals surface area contributed by atoms with E-state index >= 15 is 0 Å². The fourth-order valence-corrected chi connectivity index (χ4v) is 5.02. The highest BCUT2D eigenvalue weighted by molar-refractivity contribution is 7.22. The van der Waals surface area contributed by atoms with Crippen LogP contribution in [0.25, 0.3) is 10.2 Å². The summed E-state index contributed by atoms with van der Waals surface area (Å²) in [6.07, 6.45) is 0.820. The summed E-state index contributed by atoms with van der Waals surface area (Å²) >= 11 is 1.56. The number of rotatable bonds is 12. The summed E-state index contributed by atoms with van der Waals surface area (Å²) in [4.78, 5) is 22.7. The largest absolute Gasteiger partial charge is 0.490 e. The third kappa shape index (κ3) is 6.44. The zero-order chi connectivity index (χ0) is 25.5. The lowest BCUT2D eigenvalue weighted by Crippen LogP contribution is -2.33. The molecule has 2 aromatic carbocycles. The second-order valence-corrected chi connectivity index (χ2v) is 9.62. The Morgan fingerprint density at radius 2 is 1.54 bits per heavy atom. The van der Waals surface area contributed by atoms with E-state index in [0.717, 1.165) is 28.7 Å². The van der Waals surface area contributed by atoms with E-state index in [0.29, 0.717) is 54.3 Å². The van der Waals surface area contributed by atoms with Gasteiger partial charge in [-0.1, -0.05) is 17.4 Å². The molecule has 1 amide bonds. The predicted octanol–water partition coefficient (Wildman–Crippen LogP) is 5.71. The summed E-state index contributed by atoms with van der Waals surface area (Å²) in [5, 5.41) is 0.697. The van der Waals surface area contributed by atoms with Crippen molar-refractivity contribution in [1.82, 2.24) is 9.88 Å². The molecular weight excluding hydrogens is 462 g/mol. The van der Waals surface area contributed by atoms with Crippen molar-refractivity contribution < 1.29 is 19.0 Å². The van der Waals surface area contributed by atoms with Crippen molar-refractivity contribution in [3.05, 3.63) is 41.0 Å². The van der Waals surface area contributed by atoms with E-state index in [2.05, 4.69) is 30.9 Å². The van der Waals surface area contributed by atoms with Gasteiger partial charge in [-0.25, -0.2) is 4.98 Å². The molecule has 0 aliphatic rings. The lowest BCUT2D eigenvalue weighted by Gasteiger charge is -2.22. The molecular formula is C27H37N3O4S. The fraction of sp³-hybridized carbons (Fsp3) is 0.481. The van der Waals surface area contributed by atoms with E-state index in [4.69, 9.17) is 19.2 Å². The van der Waals surface area contributed by atoms with E-state index in [9.17, 15) is 4.79 Å². The standard InChI is InChI=1S/C27H37N3O4S/c1-8-32-22-16-20(17-23(33-9-2)24(22)34-10-3)26(31)30(13-11-12-29(6)7)27-28-21-15-18(4)14-19(5)25(21)35-27/h14-17H,8-13H2,1-7H3. The van der Waals surface area contributed by atoms with Crippen molar-refractivity contribution in [2.24, 2.45) is 0 Å². The van der Waals surface area contributed by atoms with Crippen LogP contribution < -0.4 is 19.1 Å². The van der Waals surface area contributed by atoms with Crippen molar-refractivity contribution >= 4 is 32.6 Å². The molecule has 1 heterocycles. The molecule has 0 fully saturated rings. The first kappa shape index (κ1) is 26.8. The molecule has 8 heteroatoms. The van der Waals surface area contributed by atoms with Gasteiger partial charge in [0.2, 0.25) is 5.75 Å². The maximum atomic E-state index is 14.0. The minimum atomic E-state index is -0.137. The number of anilines is 1. The van der Waals surface area contributed by atoms with Crippen LogP contribution in [0.4, 0.5) is 5.13 Å². The fourth-order valence-electron chi connectivity index (χ4n) is 3.98. The Hall–Kier alpha value is -2.84. The molecule has 0 spiro atoms. The summed E-state index contributed by atoms with van der Waals surface area (Å²) in [5.74, 6) is 1.40. The Bertz CT molecular complexity index is 1130. The van der Waals surface area contributed by atoms with Crippen LogP contribution in [0.1, 0.15) is 48.7 Å². The lowest BCUT2D eigenvalue weighted by atomic mass is 10.1. The molecule has 0 unspecified atom stereocenters. The Morgan fingerprint density at radius 3 is 2.11 bits per heavy atom. The zero-order valence-corrected chi connectivity index (χ0v) is 22.8. The summed E-state index contributed by atoms with van der Waals surface area (Å²) in [5.41, 5.74) is 3.73. The van der Waals surface area contributed by atoms with Crippen molar-refractivity contribution in [1.29, 1.82) is 0 Å². The first-order chi connectivity index (χ1) is 16.8. The van der Waals surface area contributed by atoms with E-state index in [1.807, 2.05) is 34.9 Å². The second-order valence-electron chi connectivity index (χ2n) is 8.64. The van der Waals surface area contributed by atoms with E-state index in [1.165, 1.54) is 5.56 Å². The SMILES string of the molecule is CCOc1cc(C(=O)N(CCCN(C)C)c2nc3cc(C)cc(C)c3s2)cc(OCC)c1OCC. The van der Waals surface area contributed by atoms with Crippen LogP contribution in [0.3, 0.4) is 0 Å². The molecule has 0 bridgehead atoms. The highest BCUT2D eigenvalue weighted by Crippen LogP contribution is 2.40. The molecule has 0 saturated heterocycles. The molecule has 1 aromatic heterocycles. The van der Waals surface area contributed by atoms with Crippen LogP contribution in [-0.4, -0.2) is 62.8 Å². The number of aromatic nitrogens is 1. The predicted molar refractivity (Wildman–Crippen MR) is 144 cm³/mol. The van der Waals surface area contributed by atoms with Crippen LogP contribution in [0, 0.1) is 13.8 Å². The number of fused-ring (bicyclic) bond motifs is 1. The summed E-state index contributed by atoms with van der Waals surface area (Å²) in [6, 6.07) is 7.72. The number of carbonyl (C=O) groups excluding carboxylic acids is 1. The Morgan fingerprint density at radius 1 is 0.914 bits per heavy atom. The van der Waals surface area contributed by atoms with Crippen LogP contribution in [0.15, 0.2) is 24.3 Å². The summed E-state index contributed by atoms with van der Waals surface area (Å²) in [6.45, 7) is 12.7. The molecule has 0 aliphatic heterocycles. The van der Waals surface area contributed by atoms with Gasteiger partial charge in [-0.15, -0.1) is 0 Å². The first-order valence-electron chi connectivity index (χ1n) is 12.2. The first-order valence-corrected chi connectivity index (χ1v) is 13.0. The van der Waals surface area contributed by atoms with Gasteiger partial charge in [0.25, 0.3) is 5.91 Å². The number of carbonyl (C=O) groups is 1. The number of nitrogens with zero attached hydrogens (tertiary/aromatic N) is 3. The average molecular weight is 500 g/mol. The average Bonchev–Trinajstić information content (AvgIpc) is 3.22. The topological polar surface area (TPSA) is 64.1 Å². The van der Waals surface area contributed by atoms with Gasteiger partial charge in [-0.3, -0.25) is 9.69 Å². The van der Waals surface area contributed by atoms with Crippen LogP contribution >= 0.6 is 11.3 Å². The molecule has 0 atom stereocenters. The van der Waals surface area contributed by atoms with Crippen molar-refractivity contribution in [3.8, 4) is 17.2 Å². The monoisotopic (exact) mass is 499 g/mol. The van der Waals surface area contributed by atoms with Crippen LogP contribution in [0.5, 0.6) is 17.2 Å². The number of hydrogen-bond donors (Lipinski definition) is 0. The molecule has 0 radical (unpaired) electrons.